The molecule has 1 fully saturated rings. The van der Waals surface area contributed by atoms with Crippen molar-refractivity contribution in [2.24, 2.45) is 11.8 Å². The number of hydrogen-bond donors (Lipinski definition) is 1. The number of imide groups is 1. The van der Waals surface area contributed by atoms with Crippen LogP contribution in [0.1, 0.15) is 28.8 Å². The van der Waals surface area contributed by atoms with Gasteiger partial charge in [0, 0.05) is 16.3 Å². The van der Waals surface area contributed by atoms with Gasteiger partial charge in [0.25, 0.3) is 5.91 Å². The molecule has 5 nitrogen and oxygen atoms in total. The Labute approximate surface area is 168 Å². The minimum atomic E-state index is -0.283. The first kappa shape index (κ1) is 18.4. The van der Waals surface area contributed by atoms with Crippen molar-refractivity contribution < 1.29 is 14.4 Å². The SMILES string of the molecule is Cc1ccc(Cl)cc1NC(=O)c1ccc(N2C(=O)C3CC=CCC3C2=O)cc1. The van der Waals surface area contributed by atoms with Gasteiger partial charge in [-0.05, 0) is 61.7 Å². The predicted octanol–water partition coefficient (Wildman–Crippen LogP) is 4.36. The molecule has 4 rings (SSSR count). The van der Waals surface area contributed by atoms with Crippen LogP contribution in [0.15, 0.2) is 54.6 Å². The van der Waals surface area contributed by atoms with Crippen molar-refractivity contribution >= 4 is 40.7 Å². The molecule has 1 saturated heterocycles. The van der Waals surface area contributed by atoms with Crippen LogP contribution in [0, 0.1) is 18.8 Å². The first-order valence-electron chi connectivity index (χ1n) is 9.16. The zero-order chi connectivity index (χ0) is 19.8. The fourth-order valence-corrected chi connectivity index (χ4v) is 3.91. The Kier molecular flexibility index (Phi) is 4.77. The first-order chi connectivity index (χ1) is 13.5. The molecule has 0 spiro atoms. The number of allylic oxidation sites excluding steroid dienone is 2. The number of benzene rings is 2. The molecule has 2 unspecified atom stereocenters. The topological polar surface area (TPSA) is 66.5 Å². The third-order valence-corrected chi connectivity index (χ3v) is 5.58. The van der Waals surface area contributed by atoms with Gasteiger partial charge in [-0.3, -0.25) is 19.3 Å². The van der Waals surface area contributed by atoms with E-state index in [1.807, 2.05) is 25.1 Å². The minimum Gasteiger partial charge on any atom is -0.322 e. The summed E-state index contributed by atoms with van der Waals surface area (Å²) in [5.74, 6) is -1.15. The molecule has 2 aliphatic rings. The summed E-state index contributed by atoms with van der Waals surface area (Å²) in [6.45, 7) is 1.88. The van der Waals surface area contributed by atoms with Gasteiger partial charge in [-0.2, -0.15) is 0 Å². The van der Waals surface area contributed by atoms with E-state index in [0.717, 1.165) is 5.56 Å². The maximum Gasteiger partial charge on any atom is 0.255 e. The van der Waals surface area contributed by atoms with E-state index in [4.69, 9.17) is 11.6 Å². The maximum atomic E-state index is 12.7. The second-order valence-corrected chi connectivity index (χ2v) is 7.56. The summed E-state index contributed by atoms with van der Waals surface area (Å²) in [5.41, 5.74) is 2.48. The van der Waals surface area contributed by atoms with Crippen LogP contribution in [0.2, 0.25) is 5.02 Å². The Hall–Kier alpha value is -2.92. The van der Waals surface area contributed by atoms with E-state index in [1.165, 1.54) is 4.90 Å². The Morgan fingerprint density at radius 1 is 1.00 bits per heavy atom. The predicted molar refractivity (Wildman–Crippen MR) is 108 cm³/mol. The van der Waals surface area contributed by atoms with Crippen molar-refractivity contribution in [2.45, 2.75) is 19.8 Å². The molecule has 1 N–H and O–H groups in total. The van der Waals surface area contributed by atoms with Gasteiger partial charge >= 0.3 is 0 Å². The van der Waals surface area contributed by atoms with Crippen LogP contribution in [0.4, 0.5) is 11.4 Å². The third-order valence-electron chi connectivity index (χ3n) is 5.34. The number of halogens is 1. The monoisotopic (exact) mass is 394 g/mol. The summed E-state index contributed by atoms with van der Waals surface area (Å²) < 4.78 is 0. The molecule has 3 amide bonds. The highest BCUT2D eigenvalue weighted by molar-refractivity contribution is 6.31. The lowest BCUT2D eigenvalue weighted by Gasteiger charge is -2.15. The number of carbonyl (C=O) groups is 3. The number of hydrogen-bond acceptors (Lipinski definition) is 3. The fraction of sp³-hybridized carbons (Fsp3) is 0.227. The molecule has 0 radical (unpaired) electrons. The molecule has 0 aromatic heterocycles. The molecule has 6 heteroatoms. The molecule has 1 aliphatic carbocycles. The summed E-state index contributed by atoms with van der Waals surface area (Å²) in [4.78, 5) is 39.1. The quantitative estimate of drug-likeness (QED) is 0.621. The Balaban J connectivity index is 1.52. The standard InChI is InChI=1S/C22H19ClN2O3/c1-13-6-9-15(23)12-19(13)24-20(26)14-7-10-16(11-8-14)25-21(27)17-4-2-3-5-18(17)22(25)28/h2-3,6-12,17-18H,4-5H2,1H3,(H,24,26). The lowest BCUT2D eigenvalue weighted by molar-refractivity contribution is -0.122. The average Bonchev–Trinajstić information content (AvgIpc) is 2.96. The van der Waals surface area contributed by atoms with Gasteiger partial charge in [-0.25, -0.2) is 0 Å². The van der Waals surface area contributed by atoms with Gasteiger partial charge in [0.05, 0.1) is 17.5 Å². The van der Waals surface area contributed by atoms with Gasteiger partial charge < -0.3 is 5.32 Å². The Morgan fingerprint density at radius 3 is 2.21 bits per heavy atom. The van der Waals surface area contributed by atoms with E-state index in [0.29, 0.717) is 34.8 Å². The maximum absolute atomic E-state index is 12.7. The number of anilines is 2. The number of aryl methyl sites for hydroxylation is 1. The number of nitrogens with zero attached hydrogens (tertiary/aromatic N) is 1. The fourth-order valence-electron chi connectivity index (χ4n) is 3.74. The summed E-state index contributed by atoms with van der Waals surface area (Å²) in [6.07, 6.45) is 5.12. The molecule has 2 aromatic rings. The van der Waals surface area contributed by atoms with Crippen LogP contribution in [0.25, 0.3) is 0 Å². The largest absolute Gasteiger partial charge is 0.322 e. The van der Waals surface area contributed by atoms with Crippen LogP contribution >= 0.6 is 11.6 Å². The lowest BCUT2D eigenvalue weighted by atomic mass is 9.85. The summed E-state index contributed by atoms with van der Waals surface area (Å²) >= 11 is 5.99. The molecule has 2 aromatic carbocycles. The van der Waals surface area contributed by atoms with E-state index in [9.17, 15) is 14.4 Å². The summed E-state index contributed by atoms with van der Waals surface area (Å²) in [6, 6.07) is 11.8. The number of amides is 3. The van der Waals surface area contributed by atoms with Gasteiger partial charge in [0.15, 0.2) is 0 Å². The van der Waals surface area contributed by atoms with Gasteiger partial charge in [-0.15, -0.1) is 0 Å². The second-order valence-electron chi connectivity index (χ2n) is 7.13. The third kappa shape index (κ3) is 3.22. The smallest absolute Gasteiger partial charge is 0.255 e. The highest BCUT2D eigenvalue weighted by Crippen LogP contribution is 2.37. The Bertz CT molecular complexity index is 971. The van der Waals surface area contributed by atoms with Crippen molar-refractivity contribution in [3.63, 3.8) is 0 Å². The second kappa shape index (κ2) is 7.24. The highest BCUT2D eigenvalue weighted by Gasteiger charge is 2.47. The normalized spacial score (nSPS) is 21.0. The van der Waals surface area contributed by atoms with Crippen molar-refractivity contribution in [1.82, 2.24) is 0 Å². The minimum absolute atomic E-state index is 0.161. The molecule has 28 heavy (non-hydrogen) atoms. The molecule has 0 saturated carbocycles. The van der Waals surface area contributed by atoms with Crippen LogP contribution < -0.4 is 10.2 Å². The zero-order valence-corrected chi connectivity index (χ0v) is 16.1. The number of rotatable bonds is 3. The number of nitrogens with one attached hydrogen (secondary N) is 1. The van der Waals surface area contributed by atoms with Gasteiger partial charge in [-0.1, -0.05) is 29.8 Å². The van der Waals surface area contributed by atoms with Crippen LogP contribution in [-0.2, 0) is 9.59 Å². The molecular formula is C22H19ClN2O3. The van der Waals surface area contributed by atoms with E-state index < -0.39 is 0 Å². The number of carbonyl (C=O) groups excluding carboxylic acids is 3. The molecular weight excluding hydrogens is 376 g/mol. The molecule has 142 valence electrons. The lowest BCUT2D eigenvalue weighted by Crippen LogP contribution is -2.30. The molecule has 1 heterocycles. The first-order valence-corrected chi connectivity index (χ1v) is 9.54. The van der Waals surface area contributed by atoms with E-state index in [-0.39, 0.29) is 29.6 Å². The van der Waals surface area contributed by atoms with Crippen LogP contribution in [0.3, 0.4) is 0 Å². The van der Waals surface area contributed by atoms with E-state index in [1.54, 1.807) is 36.4 Å². The number of fused-ring (bicyclic) bond motifs is 1. The van der Waals surface area contributed by atoms with Crippen LogP contribution in [-0.4, -0.2) is 17.7 Å². The average molecular weight is 395 g/mol. The highest BCUT2D eigenvalue weighted by atomic mass is 35.5. The van der Waals surface area contributed by atoms with E-state index in [2.05, 4.69) is 5.32 Å². The van der Waals surface area contributed by atoms with Crippen molar-refractivity contribution in [2.75, 3.05) is 10.2 Å². The molecule has 0 bridgehead atoms. The summed E-state index contributed by atoms with van der Waals surface area (Å²) in [5, 5.41) is 3.38. The van der Waals surface area contributed by atoms with Crippen molar-refractivity contribution in [3.05, 3.63) is 70.8 Å². The molecule has 2 atom stereocenters. The van der Waals surface area contributed by atoms with Crippen molar-refractivity contribution in [3.8, 4) is 0 Å². The van der Waals surface area contributed by atoms with Gasteiger partial charge in [0.1, 0.15) is 0 Å². The van der Waals surface area contributed by atoms with Crippen molar-refractivity contribution in [1.29, 1.82) is 0 Å². The summed E-state index contributed by atoms with van der Waals surface area (Å²) in [7, 11) is 0. The van der Waals surface area contributed by atoms with E-state index >= 15 is 0 Å². The zero-order valence-electron chi connectivity index (χ0n) is 15.3. The molecule has 1 aliphatic heterocycles. The van der Waals surface area contributed by atoms with Crippen LogP contribution in [0.5, 0.6) is 0 Å². The van der Waals surface area contributed by atoms with Gasteiger partial charge in [0.2, 0.25) is 11.8 Å². The Morgan fingerprint density at radius 2 is 1.61 bits per heavy atom.